The van der Waals surface area contributed by atoms with Crippen LogP contribution in [0.5, 0.6) is 0 Å². The summed E-state index contributed by atoms with van der Waals surface area (Å²) in [7, 11) is -3.64. The predicted molar refractivity (Wildman–Crippen MR) is 100 cm³/mol. The number of hydrogen-bond acceptors (Lipinski definition) is 6. The zero-order valence-electron chi connectivity index (χ0n) is 14.7. The third-order valence-electron chi connectivity index (χ3n) is 4.45. The lowest BCUT2D eigenvalue weighted by atomic mass is 10.0. The van der Waals surface area contributed by atoms with Gasteiger partial charge in [0.2, 0.25) is 10.0 Å². The minimum Gasteiger partial charge on any atom is -0.545 e. The Bertz CT molecular complexity index is 968. The molecule has 27 heavy (non-hydrogen) atoms. The number of carboxylic acid groups (broad SMARTS) is 1. The van der Waals surface area contributed by atoms with Crippen LogP contribution in [0.2, 0.25) is 0 Å². The highest BCUT2D eigenvalue weighted by Crippen LogP contribution is 2.27. The van der Waals surface area contributed by atoms with E-state index in [0.29, 0.717) is 19.0 Å². The first kappa shape index (κ1) is 19.5. The minimum atomic E-state index is -3.64. The molecule has 1 aliphatic rings. The Morgan fingerprint density at radius 2 is 2.04 bits per heavy atom. The molecule has 1 amide bonds. The summed E-state index contributed by atoms with van der Waals surface area (Å²) in [6, 6.07) is 7.21. The van der Waals surface area contributed by atoms with Crippen molar-refractivity contribution >= 4 is 38.9 Å². The van der Waals surface area contributed by atoms with Crippen LogP contribution in [0.4, 0.5) is 5.69 Å². The van der Waals surface area contributed by atoms with E-state index in [1.54, 1.807) is 6.07 Å². The first-order chi connectivity index (χ1) is 12.8. The Morgan fingerprint density at radius 1 is 1.30 bits per heavy atom. The van der Waals surface area contributed by atoms with E-state index in [1.165, 1.54) is 34.0 Å². The number of nitrogens with one attached hydrogen (secondary N) is 1. The maximum absolute atomic E-state index is 12.8. The van der Waals surface area contributed by atoms with E-state index >= 15 is 0 Å². The average Bonchev–Trinajstić information content (AvgIpc) is 3.13. The summed E-state index contributed by atoms with van der Waals surface area (Å²) >= 11 is 1.00. The Morgan fingerprint density at radius 3 is 2.74 bits per heavy atom. The molecule has 144 valence electrons. The van der Waals surface area contributed by atoms with Crippen molar-refractivity contribution < 1.29 is 23.1 Å². The Balaban J connectivity index is 1.79. The molecule has 1 N–H and O–H groups in total. The number of sulfonamides is 1. The van der Waals surface area contributed by atoms with Crippen molar-refractivity contribution in [2.45, 2.75) is 24.7 Å². The van der Waals surface area contributed by atoms with Crippen LogP contribution in [0.15, 0.2) is 40.6 Å². The smallest absolute Gasteiger partial charge is 0.265 e. The lowest BCUT2D eigenvalue weighted by molar-refractivity contribution is -0.254. The molecular weight excluding hydrogens is 388 g/mol. The van der Waals surface area contributed by atoms with Crippen LogP contribution in [-0.2, 0) is 10.0 Å². The zero-order chi connectivity index (χ0) is 19.6. The largest absolute Gasteiger partial charge is 0.545 e. The van der Waals surface area contributed by atoms with Crippen LogP contribution in [0.3, 0.4) is 0 Å². The highest BCUT2D eigenvalue weighted by molar-refractivity contribution is 7.89. The first-order valence-electron chi connectivity index (χ1n) is 8.49. The van der Waals surface area contributed by atoms with E-state index in [9.17, 15) is 23.1 Å². The van der Waals surface area contributed by atoms with Crippen molar-refractivity contribution in [2.24, 2.45) is 5.92 Å². The summed E-state index contributed by atoms with van der Waals surface area (Å²) < 4.78 is 27.0. The second kappa shape index (κ2) is 7.79. The van der Waals surface area contributed by atoms with Crippen LogP contribution >= 0.6 is 11.3 Å². The molecule has 2 aromatic rings. The molecule has 0 radical (unpaired) electrons. The van der Waals surface area contributed by atoms with E-state index in [1.807, 2.05) is 6.92 Å². The molecule has 0 saturated carbocycles. The van der Waals surface area contributed by atoms with Gasteiger partial charge in [0.05, 0.1) is 21.4 Å². The monoisotopic (exact) mass is 407 g/mol. The molecule has 1 aromatic carbocycles. The topological polar surface area (TPSA) is 107 Å². The molecule has 1 aromatic heterocycles. The average molecular weight is 407 g/mol. The van der Waals surface area contributed by atoms with Gasteiger partial charge in [-0.2, -0.15) is 4.31 Å². The van der Waals surface area contributed by atoms with Crippen molar-refractivity contribution in [2.75, 3.05) is 18.4 Å². The minimum absolute atomic E-state index is 0.0833. The predicted octanol–water partition coefficient (Wildman–Crippen LogP) is 1.78. The van der Waals surface area contributed by atoms with Gasteiger partial charge in [-0.05, 0) is 30.9 Å². The molecule has 2 heterocycles. The van der Waals surface area contributed by atoms with Gasteiger partial charge in [0.15, 0.2) is 0 Å². The second-order valence-electron chi connectivity index (χ2n) is 6.54. The third kappa shape index (κ3) is 4.20. The quantitative estimate of drug-likeness (QED) is 0.813. The van der Waals surface area contributed by atoms with Gasteiger partial charge >= 0.3 is 0 Å². The zero-order valence-corrected chi connectivity index (χ0v) is 16.3. The SMILES string of the molecule is C[C@H]1CCCN(S(=O)(=O)c2csc(C(=O)Nc3ccccc3C(=O)[O-])c2)C1. The summed E-state index contributed by atoms with van der Waals surface area (Å²) in [5, 5.41) is 15.1. The summed E-state index contributed by atoms with van der Waals surface area (Å²) in [6.07, 6.45) is 1.82. The van der Waals surface area contributed by atoms with E-state index < -0.39 is 21.9 Å². The second-order valence-corrected chi connectivity index (χ2v) is 9.39. The number of anilines is 1. The lowest BCUT2D eigenvalue weighted by Crippen LogP contribution is -2.38. The van der Waals surface area contributed by atoms with Crippen molar-refractivity contribution in [1.29, 1.82) is 0 Å². The molecular formula is C18H19N2O5S2-. The van der Waals surface area contributed by atoms with Gasteiger partial charge < -0.3 is 15.2 Å². The van der Waals surface area contributed by atoms with Gasteiger partial charge in [-0.15, -0.1) is 11.3 Å². The van der Waals surface area contributed by atoms with E-state index in [-0.39, 0.29) is 21.0 Å². The van der Waals surface area contributed by atoms with E-state index in [4.69, 9.17) is 0 Å². The fourth-order valence-corrected chi connectivity index (χ4v) is 5.80. The van der Waals surface area contributed by atoms with Gasteiger partial charge in [-0.3, -0.25) is 4.79 Å². The number of carbonyl (C=O) groups excluding carboxylic acids is 2. The number of piperidine rings is 1. The highest BCUT2D eigenvalue weighted by Gasteiger charge is 2.30. The number of amides is 1. The maximum atomic E-state index is 12.8. The molecule has 0 spiro atoms. The number of aromatic carboxylic acids is 1. The number of hydrogen-bond donors (Lipinski definition) is 1. The number of nitrogens with zero attached hydrogens (tertiary/aromatic N) is 1. The standard InChI is InChI=1S/C18H20N2O5S2/c1-12-5-4-8-20(10-12)27(24,25)13-9-16(26-11-13)17(21)19-15-7-3-2-6-14(15)18(22)23/h2-3,6-7,9,11-12H,4-5,8,10H2,1H3,(H,19,21)(H,22,23)/p-1/t12-/m0/s1. The van der Waals surface area contributed by atoms with Crippen LogP contribution in [0, 0.1) is 5.92 Å². The van der Waals surface area contributed by atoms with Crippen molar-refractivity contribution in [3.63, 3.8) is 0 Å². The molecule has 1 aliphatic heterocycles. The number of benzene rings is 1. The van der Waals surface area contributed by atoms with E-state index in [0.717, 1.165) is 24.2 Å². The number of rotatable bonds is 5. The van der Waals surface area contributed by atoms with Gasteiger partial charge in [0.25, 0.3) is 5.91 Å². The summed E-state index contributed by atoms with van der Waals surface area (Å²) in [6.45, 7) is 2.96. The van der Waals surface area contributed by atoms with Gasteiger partial charge in [0, 0.05) is 24.0 Å². The fraction of sp³-hybridized carbons (Fsp3) is 0.333. The Labute approximate surface area is 161 Å². The summed E-state index contributed by atoms with van der Waals surface area (Å²) in [5.74, 6) is -1.67. The van der Waals surface area contributed by atoms with Crippen LogP contribution in [0.1, 0.15) is 39.8 Å². The Kier molecular flexibility index (Phi) is 5.64. The molecule has 0 aliphatic carbocycles. The number of carboxylic acids is 1. The first-order valence-corrected chi connectivity index (χ1v) is 10.8. The van der Waals surface area contributed by atoms with Gasteiger partial charge in [-0.25, -0.2) is 8.42 Å². The molecule has 0 unspecified atom stereocenters. The van der Waals surface area contributed by atoms with Crippen molar-refractivity contribution in [3.8, 4) is 0 Å². The molecule has 0 bridgehead atoms. The molecule has 7 nitrogen and oxygen atoms in total. The number of carbonyl (C=O) groups is 2. The molecule has 1 fully saturated rings. The highest BCUT2D eigenvalue weighted by atomic mass is 32.2. The maximum Gasteiger partial charge on any atom is 0.265 e. The number of para-hydroxylation sites is 1. The lowest BCUT2D eigenvalue weighted by Gasteiger charge is -2.29. The number of thiophene rings is 1. The molecule has 3 rings (SSSR count). The van der Waals surface area contributed by atoms with Gasteiger partial charge in [0.1, 0.15) is 0 Å². The third-order valence-corrected chi connectivity index (χ3v) is 7.37. The molecule has 9 heteroatoms. The molecule has 1 saturated heterocycles. The normalized spacial score (nSPS) is 18.2. The van der Waals surface area contributed by atoms with E-state index in [2.05, 4.69) is 5.32 Å². The van der Waals surface area contributed by atoms with Crippen molar-refractivity contribution in [1.82, 2.24) is 4.31 Å². The van der Waals surface area contributed by atoms with Crippen molar-refractivity contribution in [3.05, 3.63) is 46.2 Å². The summed E-state index contributed by atoms with van der Waals surface area (Å²) in [5.41, 5.74) is -0.0392. The molecule has 1 atom stereocenters. The fourth-order valence-electron chi connectivity index (χ4n) is 3.04. The summed E-state index contributed by atoms with van der Waals surface area (Å²) in [4.78, 5) is 23.8. The van der Waals surface area contributed by atoms with Crippen LogP contribution in [0.25, 0.3) is 0 Å². The van der Waals surface area contributed by atoms with Crippen LogP contribution < -0.4 is 10.4 Å². The van der Waals surface area contributed by atoms with Crippen LogP contribution in [-0.4, -0.2) is 37.7 Å². The van der Waals surface area contributed by atoms with Gasteiger partial charge in [-0.1, -0.05) is 25.1 Å². The Hall–Kier alpha value is -2.23.